The molecule has 0 radical (unpaired) electrons. The molecule has 0 atom stereocenters. The average molecular weight is 243 g/mol. The maximum Gasteiger partial charge on any atom is 0.250 e. The lowest BCUT2D eigenvalue weighted by molar-refractivity contribution is 0.301. The van der Waals surface area contributed by atoms with E-state index in [9.17, 15) is 4.79 Å². The molecule has 94 valence electrons. The summed E-state index contributed by atoms with van der Waals surface area (Å²) in [6, 6.07) is 13.2. The number of nitrogens with zero attached hydrogens (tertiary/aromatic N) is 1. The second-order valence-electron chi connectivity index (χ2n) is 4.25. The van der Waals surface area contributed by atoms with Gasteiger partial charge in [0.15, 0.2) is 0 Å². The van der Waals surface area contributed by atoms with Crippen molar-refractivity contribution in [3.63, 3.8) is 0 Å². The molecule has 0 unspecified atom stereocenters. The molecule has 0 spiro atoms. The minimum Gasteiger partial charge on any atom is -0.494 e. The van der Waals surface area contributed by atoms with E-state index in [-0.39, 0.29) is 5.56 Å². The zero-order valence-electron chi connectivity index (χ0n) is 10.5. The Balaban J connectivity index is 1.78. The molecule has 3 heteroatoms. The van der Waals surface area contributed by atoms with Gasteiger partial charge < -0.3 is 9.30 Å². The van der Waals surface area contributed by atoms with Crippen LogP contribution in [0.25, 0.3) is 0 Å². The van der Waals surface area contributed by atoms with Crippen LogP contribution in [0, 0.1) is 6.92 Å². The predicted molar refractivity (Wildman–Crippen MR) is 72.0 cm³/mol. The summed E-state index contributed by atoms with van der Waals surface area (Å²) >= 11 is 0. The number of benzene rings is 1. The summed E-state index contributed by atoms with van der Waals surface area (Å²) in [5.74, 6) is 0.876. The Kier molecular flexibility index (Phi) is 4.18. The van der Waals surface area contributed by atoms with Crippen LogP contribution in [0.2, 0.25) is 0 Å². The van der Waals surface area contributed by atoms with Gasteiger partial charge in [-0.05, 0) is 31.5 Å². The van der Waals surface area contributed by atoms with Crippen LogP contribution in [0.1, 0.15) is 12.0 Å². The lowest BCUT2D eigenvalue weighted by atomic mass is 10.2. The second-order valence-corrected chi connectivity index (χ2v) is 4.25. The lowest BCUT2D eigenvalue weighted by Gasteiger charge is -2.07. The van der Waals surface area contributed by atoms with Crippen LogP contribution < -0.4 is 10.3 Å². The third kappa shape index (κ3) is 3.48. The minimum absolute atomic E-state index is 0.0350. The second kappa shape index (κ2) is 6.05. The first-order valence-electron chi connectivity index (χ1n) is 6.10. The highest BCUT2D eigenvalue weighted by molar-refractivity contribution is 5.26. The van der Waals surface area contributed by atoms with Crippen molar-refractivity contribution < 1.29 is 4.74 Å². The molecule has 0 aliphatic carbocycles. The quantitative estimate of drug-likeness (QED) is 0.756. The van der Waals surface area contributed by atoms with Gasteiger partial charge in [0, 0.05) is 18.8 Å². The van der Waals surface area contributed by atoms with Crippen molar-refractivity contribution in [3.05, 3.63) is 64.6 Å². The van der Waals surface area contributed by atoms with Gasteiger partial charge in [0.05, 0.1) is 6.61 Å². The Labute approximate surface area is 107 Å². The summed E-state index contributed by atoms with van der Waals surface area (Å²) in [4.78, 5) is 11.4. The number of aromatic nitrogens is 1. The molecule has 0 fully saturated rings. The predicted octanol–water partition coefficient (Wildman–Crippen LogP) is 2.63. The van der Waals surface area contributed by atoms with E-state index in [4.69, 9.17) is 4.74 Å². The molecular formula is C15H17NO2. The van der Waals surface area contributed by atoms with Crippen molar-refractivity contribution in [2.75, 3.05) is 6.61 Å². The maximum atomic E-state index is 11.4. The Hall–Kier alpha value is -2.03. The lowest BCUT2D eigenvalue weighted by Crippen LogP contribution is -2.18. The van der Waals surface area contributed by atoms with Crippen LogP contribution in [-0.2, 0) is 6.54 Å². The van der Waals surface area contributed by atoms with Gasteiger partial charge >= 0.3 is 0 Å². The van der Waals surface area contributed by atoms with Crippen LogP contribution in [0.4, 0.5) is 0 Å². The molecule has 3 nitrogen and oxygen atoms in total. The number of ether oxygens (including phenoxy) is 1. The third-order valence-electron chi connectivity index (χ3n) is 2.73. The van der Waals surface area contributed by atoms with Gasteiger partial charge in [0.2, 0.25) is 5.56 Å². The van der Waals surface area contributed by atoms with Crippen molar-refractivity contribution in [2.45, 2.75) is 19.9 Å². The fourth-order valence-electron chi connectivity index (χ4n) is 1.70. The molecule has 0 saturated carbocycles. The van der Waals surface area contributed by atoms with Crippen LogP contribution in [0.15, 0.2) is 53.5 Å². The van der Waals surface area contributed by atoms with E-state index < -0.39 is 0 Å². The van der Waals surface area contributed by atoms with Gasteiger partial charge in [0.25, 0.3) is 0 Å². The summed E-state index contributed by atoms with van der Waals surface area (Å²) in [5.41, 5.74) is 1.26. The molecule has 0 aliphatic heterocycles. The van der Waals surface area contributed by atoms with E-state index in [0.717, 1.165) is 12.2 Å². The molecule has 18 heavy (non-hydrogen) atoms. The Morgan fingerprint density at radius 1 is 1.11 bits per heavy atom. The molecular weight excluding hydrogens is 226 g/mol. The Morgan fingerprint density at radius 2 is 1.89 bits per heavy atom. The monoisotopic (exact) mass is 243 g/mol. The van der Waals surface area contributed by atoms with Gasteiger partial charge in [-0.25, -0.2) is 0 Å². The number of hydrogen-bond donors (Lipinski definition) is 0. The smallest absolute Gasteiger partial charge is 0.250 e. The molecule has 0 amide bonds. The first-order chi connectivity index (χ1) is 8.75. The van der Waals surface area contributed by atoms with Gasteiger partial charge in [-0.1, -0.05) is 23.8 Å². The number of aryl methyl sites for hydroxylation is 2. The molecule has 1 aromatic carbocycles. The van der Waals surface area contributed by atoms with Gasteiger partial charge in [-0.3, -0.25) is 4.79 Å². The average Bonchev–Trinajstić information content (AvgIpc) is 2.39. The molecule has 2 aromatic rings. The highest BCUT2D eigenvalue weighted by Gasteiger charge is 1.96. The van der Waals surface area contributed by atoms with Crippen molar-refractivity contribution in [1.82, 2.24) is 4.57 Å². The van der Waals surface area contributed by atoms with Crippen molar-refractivity contribution in [1.29, 1.82) is 0 Å². The zero-order chi connectivity index (χ0) is 12.8. The fraction of sp³-hybridized carbons (Fsp3) is 0.267. The Bertz CT molecular complexity index is 543. The summed E-state index contributed by atoms with van der Waals surface area (Å²) < 4.78 is 7.30. The molecule has 0 bridgehead atoms. The third-order valence-corrected chi connectivity index (χ3v) is 2.73. The number of pyridine rings is 1. The van der Waals surface area contributed by atoms with Gasteiger partial charge in [0.1, 0.15) is 5.75 Å². The van der Waals surface area contributed by atoms with E-state index in [1.54, 1.807) is 22.9 Å². The van der Waals surface area contributed by atoms with Crippen LogP contribution >= 0.6 is 0 Å². The fourth-order valence-corrected chi connectivity index (χ4v) is 1.70. The van der Waals surface area contributed by atoms with E-state index >= 15 is 0 Å². The summed E-state index contributed by atoms with van der Waals surface area (Å²) in [6.45, 7) is 3.35. The molecule has 0 aliphatic rings. The van der Waals surface area contributed by atoms with E-state index in [1.165, 1.54) is 5.56 Å². The molecule has 0 N–H and O–H groups in total. The number of hydrogen-bond acceptors (Lipinski definition) is 2. The first kappa shape index (κ1) is 12.4. The topological polar surface area (TPSA) is 31.2 Å². The highest BCUT2D eigenvalue weighted by Crippen LogP contribution is 2.11. The van der Waals surface area contributed by atoms with Crippen LogP contribution in [-0.4, -0.2) is 11.2 Å². The molecule has 1 aromatic heterocycles. The standard InChI is InChI=1S/C15H17NO2/c1-13-6-8-14(9-7-13)18-12-4-11-16-10-3-2-5-15(16)17/h2-3,5-10H,4,11-12H2,1H3. The number of rotatable bonds is 5. The molecule has 2 rings (SSSR count). The first-order valence-corrected chi connectivity index (χ1v) is 6.10. The summed E-state index contributed by atoms with van der Waals surface area (Å²) in [6.07, 6.45) is 2.62. The van der Waals surface area contributed by atoms with Crippen molar-refractivity contribution >= 4 is 0 Å². The summed E-state index contributed by atoms with van der Waals surface area (Å²) in [5, 5.41) is 0. The van der Waals surface area contributed by atoms with Gasteiger partial charge in [-0.15, -0.1) is 0 Å². The highest BCUT2D eigenvalue weighted by atomic mass is 16.5. The molecule has 1 heterocycles. The largest absolute Gasteiger partial charge is 0.494 e. The van der Waals surface area contributed by atoms with Gasteiger partial charge in [-0.2, -0.15) is 0 Å². The van der Waals surface area contributed by atoms with E-state index in [1.807, 2.05) is 37.3 Å². The van der Waals surface area contributed by atoms with Crippen molar-refractivity contribution in [3.8, 4) is 5.75 Å². The molecule has 0 saturated heterocycles. The van der Waals surface area contributed by atoms with E-state index in [0.29, 0.717) is 13.2 Å². The Morgan fingerprint density at radius 3 is 2.61 bits per heavy atom. The summed E-state index contributed by atoms with van der Waals surface area (Å²) in [7, 11) is 0. The van der Waals surface area contributed by atoms with E-state index in [2.05, 4.69) is 0 Å². The minimum atomic E-state index is 0.0350. The normalized spacial score (nSPS) is 10.3. The SMILES string of the molecule is Cc1ccc(OCCCn2ccccc2=O)cc1. The van der Waals surface area contributed by atoms with Crippen molar-refractivity contribution in [2.24, 2.45) is 0 Å². The van der Waals surface area contributed by atoms with Crippen LogP contribution in [0.3, 0.4) is 0 Å². The zero-order valence-corrected chi connectivity index (χ0v) is 10.5. The van der Waals surface area contributed by atoms with Crippen LogP contribution in [0.5, 0.6) is 5.75 Å². The maximum absolute atomic E-state index is 11.4.